The molecule has 10 heteroatoms. The Morgan fingerprint density at radius 2 is 2.00 bits per heavy atom. The summed E-state index contributed by atoms with van der Waals surface area (Å²) in [5, 5.41) is 0.587. The zero-order valence-corrected chi connectivity index (χ0v) is 19.3. The second-order valence-electron chi connectivity index (χ2n) is 9.25. The van der Waals surface area contributed by atoms with E-state index in [1.54, 1.807) is 25.3 Å². The first-order valence-corrected chi connectivity index (χ1v) is 11.6. The fourth-order valence-corrected chi connectivity index (χ4v) is 5.13. The number of nitrogens with one attached hydrogen (secondary N) is 2. The Morgan fingerprint density at radius 1 is 1.26 bits per heavy atom. The Labute approximate surface area is 184 Å². The molecular weight excluding hydrogens is 420 g/mol. The SMILES string of the molecule is Cc1c(CNNC(=O)OC(C)(C)C)sc2c1c(=O)n(C1CC1)c(=O)n2CC1CCCO1. The molecule has 0 aromatic carbocycles. The number of ether oxygens (including phenoxy) is 2. The third kappa shape index (κ3) is 4.70. The van der Waals surface area contributed by atoms with E-state index in [2.05, 4.69) is 10.9 Å². The minimum absolute atomic E-state index is 0.00476. The molecule has 31 heavy (non-hydrogen) atoms. The van der Waals surface area contributed by atoms with Crippen molar-refractivity contribution in [2.45, 2.75) is 84.2 Å². The van der Waals surface area contributed by atoms with Crippen LogP contribution in [0.3, 0.4) is 0 Å². The number of carbonyl (C=O) groups excluding carboxylic acids is 1. The number of rotatable bonds is 6. The van der Waals surface area contributed by atoms with Crippen molar-refractivity contribution >= 4 is 27.6 Å². The first kappa shape index (κ1) is 22.0. The number of hydrogen-bond acceptors (Lipinski definition) is 7. The zero-order chi connectivity index (χ0) is 22.3. The van der Waals surface area contributed by atoms with E-state index in [1.165, 1.54) is 15.9 Å². The lowest BCUT2D eigenvalue weighted by molar-refractivity contribution is 0.0497. The molecule has 0 bridgehead atoms. The summed E-state index contributed by atoms with van der Waals surface area (Å²) < 4.78 is 14.1. The average Bonchev–Trinajstić information content (AvgIpc) is 3.25. The van der Waals surface area contributed by atoms with Crippen LogP contribution < -0.4 is 22.1 Å². The molecule has 1 atom stereocenters. The standard InChI is InChI=1S/C21H30N4O5S/c1-12-15(10-22-23-19(27)30-21(2,3)4)31-18-16(12)17(26)25(13-7-8-13)20(28)24(18)11-14-6-5-9-29-14/h13-14,22H,5-11H2,1-4H3,(H,23,27). The van der Waals surface area contributed by atoms with Crippen LogP contribution in [0.5, 0.6) is 0 Å². The highest BCUT2D eigenvalue weighted by molar-refractivity contribution is 7.18. The van der Waals surface area contributed by atoms with Gasteiger partial charge in [-0.05, 0) is 58.9 Å². The number of hydrogen-bond donors (Lipinski definition) is 2. The van der Waals surface area contributed by atoms with Crippen LogP contribution >= 0.6 is 11.3 Å². The predicted octanol–water partition coefficient (Wildman–Crippen LogP) is 2.58. The van der Waals surface area contributed by atoms with Gasteiger partial charge in [0.25, 0.3) is 5.56 Å². The molecule has 2 aliphatic rings. The van der Waals surface area contributed by atoms with E-state index >= 15 is 0 Å². The number of fused-ring (bicyclic) bond motifs is 1. The molecule has 1 saturated carbocycles. The molecule has 9 nitrogen and oxygen atoms in total. The van der Waals surface area contributed by atoms with E-state index in [0.717, 1.165) is 36.1 Å². The van der Waals surface area contributed by atoms with E-state index in [0.29, 0.717) is 29.9 Å². The molecule has 4 rings (SSSR count). The van der Waals surface area contributed by atoms with E-state index in [-0.39, 0.29) is 23.4 Å². The average molecular weight is 451 g/mol. The molecule has 170 valence electrons. The van der Waals surface area contributed by atoms with Crippen LogP contribution in [-0.2, 0) is 22.6 Å². The molecule has 1 amide bonds. The van der Waals surface area contributed by atoms with Gasteiger partial charge in [-0.25, -0.2) is 15.0 Å². The van der Waals surface area contributed by atoms with Crippen molar-refractivity contribution in [3.05, 3.63) is 31.3 Å². The monoisotopic (exact) mass is 450 g/mol. The Kier molecular flexibility index (Phi) is 5.97. The molecule has 1 unspecified atom stereocenters. The summed E-state index contributed by atoms with van der Waals surface area (Å²) >= 11 is 1.41. The number of aryl methyl sites for hydroxylation is 1. The van der Waals surface area contributed by atoms with Crippen molar-refractivity contribution in [2.24, 2.45) is 0 Å². The van der Waals surface area contributed by atoms with Crippen LogP contribution in [-0.4, -0.2) is 33.5 Å². The van der Waals surface area contributed by atoms with Gasteiger partial charge in [0.05, 0.1) is 18.0 Å². The largest absolute Gasteiger partial charge is 0.443 e. The number of nitrogens with zero attached hydrogens (tertiary/aromatic N) is 2. The van der Waals surface area contributed by atoms with Gasteiger partial charge in [0, 0.05) is 24.1 Å². The van der Waals surface area contributed by atoms with Gasteiger partial charge in [-0.3, -0.25) is 19.4 Å². The number of aromatic nitrogens is 2. The summed E-state index contributed by atoms with van der Waals surface area (Å²) in [7, 11) is 0. The van der Waals surface area contributed by atoms with Crippen LogP contribution in [0.2, 0.25) is 0 Å². The van der Waals surface area contributed by atoms with E-state index in [9.17, 15) is 14.4 Å². The Hall–Kier alpha value is -2.17. The maximum absolute atomic E-state index is 13.2. The first-order chi connectivity index (χ1) is 14.7. The normalized spacial score (nSPS) is 19.2. The molecular formula is C21H30N4O5S. The number of amides is 1. The van der Waals surface area contributed by atoms with Crippen LogP contribution in [0, 0.1) is 6.92 Å². The lowest BCUT2D eigenvalue weighted by Gasteiger charge is -2.19. The second kappa shape index (κ2) is 8.40. The maximum Gasteiger partial charge on any atom is 0.422 e. The first-order valence-electron chi connectivity index (χ1n) is 10.8. The van der Waals surface area contributed by atoms with Crippen molar-refractivity contribution in [3.63, 3.8) is 0 Å². The highest BCUT2D eigenvalue weighted by Crippen LogP contribution is 2.34. The van der Waals surface area contributed by atoms with Crippen molar-refractivity contribution in [3.8, 4) is 0 Å². The van der Waals surface area contributed by atoms with Crippen LogP contribution in [0.15, 0.2) is 9.59 Å². The van der Waals surface area contributed by atoms with Crippen molar-refractivity contribution in [1.82, 2.24) is 20.0 Å². The summed E-state index contributed by atoms with van der Waals surface area (Å²) in [6, 6.07) is -0.00476. The quantitative estimate of drug-likeness (QED) is 0.656. The molecule has 2 fully saturated rings. The zero-order valence-electron chi connectivity index (χ0n) is 18.4. The summed E-state index contributed by atoms with van der Waals surface area (Å²) in [5.41, 5.74) is 5.17. The summed E-state index contributed by atoms with van der Waals surface area (Å²) in [6.07, 6.45) is 3.03. The molecule has 2 aromatic heterocycles. The van der Waals surface area contributed by atoms with Gasteiger partial charge in [0.15, 0.2) is 0 Å². The van der Waals surface area contributed by atoms with E-state index in [1.807, 2.05) is 6.92 Å². The lowest BCUT2D eigenvalue weighted by Crippen LogP contribution is -2.41. The van der Waals surface area contributed by atoms with Crippen molar-refractivity contribution in [2.75, 3.05) is 6.61 Å². The Bertz CT molecular complexity index is 1100. The highest BCUT2D eigenvalue weighted by atomic mass is 32.1. The number of carbonyl (C=O) groups is 1. The van der Waals surface area contributed by atoms with Crippen LogP contribution in [0.25, 0.3) is 10.2 Å². The molecule has 1 saturated heterocycles. The van der Waals surface area contributed by atoms with Gasteiger partial charge in [-0.1, -0.05) is 0 Å². The van der Waals surface area contributed by atoms with Gasteiger partial charge < -0.3 is 9.47 Å². The van der Waals surface area contributed by atoms with Gasteiger partial charge in [-0.15, -0.1) is 11.3 Å². The second-order valence-corrected chi connectivity index (χ2v) is 10.3. The molecule has 1 aliphatic heterocycles. The van der Waals surface area contributed by atoms with Gasteiger partial charge in [0.1, 0.15) is 10.4 Å². The van der Waals surface area contributed by atoms with Crippen molar-refractivity contribution < 1.29 is 14.3 Å². The minimum Gasteiger partial charge on any atom is -0.443 e. The van der Waals surface area contributed by atoms with Crippen LogP contribution in [0.1, 0.15) is 62.9 Å². The summed E-state index contributed by atoms with van der Waals surface area (Å²) in [4.78, 5) is 39.9. The van der Waals surface area contributed by atoms with Crippen LogP contribution in [0.4, 0.5) is 4.79 Å². The minimum atomic E-state index is -0.592. The molecule has 2 N–H and O–H groups in total. The third-order valence-electron chi connectivity index (χ3n) is 5.50. The molecule has 1 aliphatic carbocycles. The van der Waals surface area contributed by atoms with Gasteiger partial charge in [-0.2, -0.15) is 0 Å². The highest BCUT2D eigenvalue weighted by Gasteiger charge is 2.31. The topological polar surface area (TPSA) is 104 Å². The molecule has 2 aromatic rings. The number of thiophene rings is 1. The molecule has 0 radical (unpaired) electrons. The third-order valence-corrected chi connectivity index (χ3v) is 6.82. The van der Waals surface area contributed by atoms with Gasteiger partial charge in [0.2, 0.25) is 0 Å². The molecule has 3 heterocycles. The predicted molar refractivity (Wildman–Crippen MR) is 119 cm³/mol. The summed E-state index contributed by atoms with van der Waals surface area (Å²) in [6.45, 7) is 8.75. The Morgan fingerprint density at radius 3 is 2.61 bits per heavy atom. The van der Waals surface area contributed by atoms with Gasteiger partial charge >= 0.3 is 11.8 Å². The number of hydrazine groups is 1. The van der Waals surface area contributed by atoms with E-state index in [4.69, 9.17) is 9.47 Å². The maximum atomic E-state index is 13.2. The lowest BCUT2D eigenvalue weighted by atomic mass is 10.2. The molecule has 0 spiro atoms. The van der Waals surface area contributed by atoms with Crippen molar-refractivity contribution in [1.29, 1.82) is 0 Å². The van der Waals surface area contributed by atoms with E-state index < -0.39 is 11.7 Å². The Balaban J connectivity index is 1.65. The fraction of sp³-hybridized carbons (Fsp3) is 0.667. The summed E-state index contributed by atoms with van der Waals surface area (Å²) in [5.74, 6) is 0. The fourth-order valence-electron chi connectivity index (χ4n) is 3.89. The smallest absolute Gasteiger partial charge is 0.422 e.